The fourth-order valence-electron chi connectivity index (χ4n) is 2.03. The van der Waals surface area contributed by atoms with E-state index in [0.29, 0.717) is 13.0 Å². The maximum absolute atomic E-state index is 11.6. The number of amides is 1. The third kappa shape index (κ3) is 4.31. The van der Waals surface area contributed by atoms with Crippen LogP contribution in [0.2, 0.25) is 5.02 Å². The van der Waals surface area contributed by atoms with E-state index in [4.69, 9.17) is 16.3 Å². The number of hydrogen-bond donors (Lipinski definition) is 1. The lowest BCUT2D eigenvalue weighted by molar-refractivity contribution is -0.121. The topological polar surface area (TPSA) is 38.3 Å². The highest BCUT2D eigenvalue weighted by atomic mass is 35.5. The zero-order valence-corrected chi connectivity index (χ0v) is 11.1. The van der Waals surface area contributed by atoms with Crippen molar-refractivity contribution in [3.63, 3.8) is 0 Å². The monoisotopic (exact) mass is 267 g/mol. The first kappa shape index (κ1) is 13.4. The molecular formula is C14H18ClNO2. The maximum Gasteiger partial charge on any atom is 0.220 e. The lowest BCUT2D eigenvalue weighted by atomic mass is 10.1. The Morgan fingerprint density at radius 3 is 2.83 bits per heavy atom. The molecule has 98 valence electrons. The molecule has 0 bridgehead atoms. The van der Waals surface area contributed by atoms with Crippen LogP contribution in [-0.4, -0.2) is 25.2 Å². The average molecular weight is 268 g/mol. The van der Waals surface area contributed by atoms with Crippen LogP contribution in [0.3, 0.4) is 0 Å². The standard InChI is InChI=1S/C14H18ClNO2/c15-12-6-3-11(4-7-12)5-8-14(17)16-10-13-2-1-9-18-13/h3-4,6-7,13H,1-2,5,8-10H2,(H,16,17)/t13-/m0/s1. The second-order valence-corrected chi connectivity index (χ2v) is 5.00. The molecule has 3 nitrogen and oxygen atoms in total. The van der Waals surface area contributed by atoms with E-state index in [-0.39, 0.29) is 12.0 Å². The van der Waals surface area contributed by atoms with Gasteiger partial charge in [-0.05, 0) is 37.0 Å². The van der Waals surface area contributed by atoms with Gasteiger partial charge in [0.05, 0.1) is 6.10 Å². The van der Waals surface area contributed by atoms with Crippen molar-refractivity contribution < 1.29 is 9.53 Å². The summed E-state index contributed by atoms with van der Waals surface area (Å²) in [6, 6.07) is 7.60. The van der Waals surface area contributed by atoms with Crippen LogP contribution in [0.25, 0.3) is 0 Å². The molecule has 1 aliphatic heterocycles. The summed E-state index contributed by atoms with van der Waals surface area (Å²) in [4.78, 5) is 11.6. The Morgan fingerprint density at radius 1 is 1.39 bits per heavy atom. The van der Waals surface area contributed by atoms with Crippen LogP contribution in [0.5, 0.6) is 0 Å². The van der Waals surface area contributed by atoms with Gasteiger partial charge in [-0.1, -0.05) is 23.7 Å². The fraction of sp³-hybridized carbons (Fsp3) is 0.500. The van der Waals surface area contributed by atoms with Gasteiger partial charge in [0.25, 0.3) is 0 Å². The molecule has 1 aromatic rings. The molecule has 1 amide bonds. The number of benzene rings is 1. The smallest absolute Gasteiger partial charge is 0.220 e. The largest absolute Gasteiger partial charge is 0.376 e. The summed E-state index contributed by atoms with van der Waals surface area (Å²) in [7, 11) is 0. The molecular weight excluding hydrogens is 250 g/mol. The van der Waals surface area contributed by atoms with Crippen LogP contribution in [0.15, 0.2) is 24.3 Å². The lowest BCUT2D eigenvalue weighted by Gasteiger charge is -2.10. The molecule has 0 radical (unpaired) electrons. The van der Waals surface area contributed by atoms with Crippen LogP contribution in [0, 0.1) is 0 Å². The number of halogens is 1. The van der Waals surface area contributed by atoms with E-state index < -0.39 is 0 Å². The summed E-state index contributed by atoms with van der Waals surface area (Å²) >= 11 is 5.80. The number of hydrogen-bond acceptors (Lipinski definition) is 2. The van der Waals surface area contributed by atoms with Crippen molar-refractivity contribution in [2.24, 2.45) is 0 Å². The van der Waals surface area contributed by atoms with Gasteiger partial charge in [0.1, 0.15) is 0 Å². The molecule has 0 saturated carbocycles. The average Bonchev–Trinajstić information content (AvgIpc) is 2.89. The summed E-state index contributed by atoms with van der Waals surface area (Å²) in [5.41, 5.74) is 1.13. The van der Waals surface area contributed by atoms with Gasteiger partial charge in [-0.3, -0.25) is 4.79 Å². The van der Waals surface area contributed by atoms with Gasteiger partial charge >= 0.3 is 0 Å². The SMILES string of the molecule is O=C(CCc1ccc(Cl)cc1)NC[C@@H]1CCCO1. The highest BCUT2D eigenvalue weighted by molar-refractivity contribution is 6.30. The third-order valence-electron chi connectivity index (χ3n) is 3.10. The van der Waals surface area contributed by atoms with Gasteiger partial charge < -0.3 is 10.1 Å². The lowest BCUT2D eigenvalue weighted by Crippen LogP contribution is -2.31. The summed E-state index contributed by atoms with van der Waals surface area (Å²) in [6.45, 7) is 1.46. The van der Waals surface area contributed by atoms with Gasteiger partial charge in [0.2, 0.25) is 5.91 Å². The number of carbonyl (C=O) groups is 1. The number of nitrogens with one attached hydrogen (secondary N) is 1. The van der Waals surface area contributed by atoms with E-state index in [1.54, 1.807) is 0 Å². The number of carbonyl (C=O) groups excluding carboxylic acids is 1. The van der Waals surface area contributed by atoms with Crippen molar-refractivity contribution in [3.8, 4) is 0 Å². The van der Waals surface area contributed by atoms with Gasteiger partial charge in [0, 0.05) is 24.6 Å². The summed E-state index contributed by atoms with van der Waals surface area (Å²) in [5.74, 6) is 0.0837. The van der Waals surface area contributed by atoms with Crippen molar-refractivity contribution in [1.29, 1.82) is 0 Å². The minimum atomic E-state index is 0.0837. The van der Waals surface area contributed by atoms with Crippen molar-refractivity contribution >= 4 is 17.5 Å². The molecule has 0 aromatic heterocycles. The number of ether oxygens (including phenoxy) is 1. The third-order valence-corrected chi connectivity index (χ3v) is 3.36. The quantitative estimate of drug-likeness (QED) is 0.890. The van der Waals surface area contributed by atoms with Gasteiger partial charge in [-0.25, -0.2) is 0 Å². The van der Waals surface area contributed by atoms with Crippen LogP contribution in [0.1, 0.15) is 24.8 Å². The van der Waals surface area contributed by atoms with Crippen LogP contribution in [-0.2, 0) is 16.0 Å². The molecule has 1 aromatic carbocycles. The number of rotatable bonds is 5. The second kappa shape index (κ2) is 6.76. The summed E-state index contributed by atoms with van der Waals surface area (Å²) in [5, 5.41) is 3.64. The zero-order valence-electron chi connectivity index (χ0n) is 10.3. The Hall–Kier alpha value is -1.06. The highest BCUT2D eigenvalue weighted by Gasteiger charge is 2.15. The van der Waals surface area contributed by atoms with E-state index in [1.165, 1.54) is 0 Å². The van der Waals surface area contributed by atoms with E-state index in [1.807, 2.05) is 24.3 Å². The minimum Gasteiger partial charge on any atom is -0.376 e. The first-order chi connectivity index (χ1) is 8.74. The van der Waals surface area contributed by atoms with E-state index in [0.717, 1.165) is 36.5 Å². The van der Waals surface area contributed by atoms with Gasteiger partial charge in [0.15, 0.2) is 0 Å². The predicted molar refractivity (Wildman–Crippen MR) is 71.8 cm³/mol. The molecule has 0 aliphatic carbocycles. The maximum atomic E-state index is 11.6. The summed E-state index contributed by atoms with van der Waals surface area (Å²) in [6.07, 6.45) is 3.62. The van der Waals surface area contributed by atoms with Gasteiger partial charge in [-0.15, -0.1) is 0 Å². The van der Waals surface area contributed by atoms with Crippen molar-refractivity contribution in [2.75, 3.05) is 13.2 Å². The normalized spacial score (nSPS) is 18.8. The Morgan fingerprint density at radius 2 is 2.17 bits per heavy atom. The van der Waals surface area contributed by atoms with Crippen LogP contribution in [0.4, 0.5) is 0 Å². The molecule has 2 rings (SSSR count). The van der Waals surface area contributed by atoms with E-state index >= 15 is 0 Å². The first-order valence-corrected chi connectivity index (χ1v) is 6.74. The minimum absolute atomic E-state index is 0.0837. The molecule has 18 heavy (non-hydrogen) atoms. The Labute approximate surface area is 112 Å². The molecule has 0 spiro atoms. The molecule has 1 saturated heterocycles. The Balaban J connectivity index is 1.66. The van der Waals surface area contributed by atoms with Crippen molar-refractivity contribution in [3.05, 3.63) is 34.9 Å². The highest BCUT2D eigenvalue weighted by Crippen LogP contribution is 2.12. The van der Waals surface area contributed by atoms with E-state index in [2.05, 4.69) is 5.32 Å². The van der Waals surface area contributed by atoms with Crippen LogP contribution >= 0.6 is 11.6 Å². The molecule has 1 N–H and O–H groups in total. The first-order valence-electron chi connectivity index (χ1n) is 6.37. The number of aryl methyl sites for hydroxylation is 1. The Kier molecular flexibility index (Phi) is 5.02. The molecule has 4 heteroatoms. The Bertz CT molecular complexity index is 385. The summed E-state index contributed by atoms with van der Waals surface area (Å²) < 4.78 is 5.45. The van der Waals surface area contributed by atoms with Crippen molar-refractivity contribution in [1.82, 2.24) is 5.32 Å². The molecule has 0 unspecified atom stereocenters. The molecule has 1 fully saturated rings. The molecule has 1 heterocycles. The van der Waals surface area contributed by atoms with Crippen LogP contribution < -0.4 is 5.32 Å². The molecule has 1 atom stereocenters. The fourth-order valence-corrected chi connectivity index (χ4v) is 2.16. The van der Waals surface area contributed by atoms with E-state index in [9.17, 15) is 4.79 Å². The zero-order chi connectivity index (χ0) is 12.8. The molecule has 1 aliphatic rings. The van der Waals surface area contributed by atoms with Gasteiger partial charge in [-0.2, -0.15) is 0 Å². The predicted octanol–water partition coefficient (Wildman–Crippen LogP) is 2.57. The second-order valence-electron chi connectivity index (χ2n) is 4.57. The van der Waals surface area contributed by atoms with Crippen molar-refractivity contribution in [2.45, 2.75) is 31.8 Å².